The van der Waals surface area contributed by atoms with Gasteiger partial charge in [-0.15, -0.1) is 0 Å². The van der Waals surface area contributed by atoms with E-state index in [4.69, 9.17) is 15.2 Å². The summed E-state index contributed by atoms with van der Waals surface area (Å²) in [6.45, 7) is 4.63. The highest BCUT2D eigenvalue weighted by Gasteiger charge is 2.64. The zero-order valence-corrected chi connectivity index (χ0v) is 38.8. The lowest BCUT2D eigenvalue weighted by Gasteiger charge is -2.63. The summed E-state index contributed by atoms with van der Waals surface area (Å²) in [5, 5.41) is 56.9. The lowest BCUT2D eigenvalue weighted by molar-refractivity contribution is -0.121. The number of carbonyl (C=O) groups excluding carboxylic acids is 1. The monoisotopic (exact) mass is 906 g/mol. The van der Waals surface area contributed by atoms with Gasteiger partial charge in [0.1, 0.15) is 24.9 Å². The van der Waals surface area contributed by atoms with Gasteiger partial charge in [0.2, 0.25) is 5.75 Å². The molecule has 4 aromatic carbocycles. The maximum atomic E-state index is 14.1. The summed E-state index contributed by atoms with van der Waals surface area (Å²) < 4.78 is 11.9. The summed E-state index contributed by atoms with van der Waals surface area (Å²) in [4.78, 5) is 17.8. The van der Waals surface area contributed by atoms with Crippen LogP contribution in [0.1, 0.15) is 136 Å². The van der Waals surface area contributed by atoms with Crippen LogP contribution in [0.3, 0.4) is 0 Å². The van der Waals surface area contributed by atoms with Crippen molar-refractivity contribution in [3.05, 3.63) is 131 Å². The van der Waals surface area contributed by atoms with E-state index in [1.165, 1.54) is 54.5 Å². The van der Waals surface area contributed by atoms with E-state index in [0.717, 1.165) is 42.4 Å². The Kier molecular flexibility index (Phi) is 12.2. The first kappa shape index (κ1) is 45.1. The van der Waals surface area contributed by atoms with Crippen molar-refractivity contribution in [2.45, 2.75) is 127 Å². The van der Waals surface area contributed by atoms with Crippen LogP contribution >= 0.6 is 0 Å². The molecule has 11 rings (SSSR count). The highest BCUT2D eigenvalue weighted by atomic mass is 16.5. The molecule has 6 aliphatic rings. The summed E-state index contributed by atoms with van der Waals surface area (Å²) in [6.07, 6.45) is 15.9. The molecule has 8 atom stereocenters. The zero-order chi connectivity index (χ0) is 46.6. The molecule has 10 heteroatoms. The first-order valence-electron chi connectivity index (χ1n) is 24.7. The first-order valence-corrected chi connectivity index (χ1v) is 24.7. The van der Waals surface area contributed by atoms with E-state index < -0.39 is 12.0 Å². The molecule has 5 aromatic rings. The number of rotatable bonds is 15. The molecule has 10 nitrogen and oxygen atoms in total. The summed E-state index contributed by atoms with van der Waals surface area (Å²) in [5.41, 5.74) is 13.7. The van der Waals surface area contributed by atoms with Gasteiger partial charge in [-0.3, -0.25) is 10.5 Å². The van der Waals surface area contributed by atoms with Crippen LogP contribution in [0.2, 0.25) is 0 Å². The average Bonchev–Trinajstić information content (AvgIpc) is 3.90. The Morgan fingerprint density at radius 2 is 1.72 bits per heavy atom. The second kappa shape index (κ2) is 18.1. The number of phenolic OH excluding ortho intramolecular Hbond substituents is 4. The molecule has 0 aliphatic heterocycles. The Hall–Kier alpha value is -5.71. The van der Waals surface area contributed by atoms with Gasteiger partial charge in [0.05, 0.1) is 6.10 Å². The highest BCUT2D eigenvalue weighted by Crippen LogP contribution is 2.73. The molecule has 0 radical (unpaired) electrons. The molecule has 67 heavy (non-hydrogen) atoms. The second-order valence-corrected chi connectivity index (χ2v) is 21.1. The van der Waals surface area contributed by atoms with Gasteiger partial charge in [0.15, 0.2) is 23.0 Å². The average molecular weight is 907 g/mol. The number of aromatic hydroxyl groups is 4. The van der Waals surface area contributed by atoms with E-state index in [1.807, 2.05) is 6.07 Å². The number of benzene rings is 4. The number of aryl methyl sites for hydroxylation is 1. The van der Waals surface area contributed by atoms with Gasteiger partial charge in [0.25, 0.3) is 0 Å². The Morgan fingerprint density at radius 3 is 2.51 bits per heavy atom. The van der Waals surface area contributed by atoms with Crippen molar-refractivity contribution in [2.24, 2.45) is 34.8 Å². The summed E-state index contributed by atoms with van der Waals surface area (Å²) in [7, 11) is 0. The number of aliphatic hydroxyl groups excluding tert-OH is 1. The lowest BCUT2D eigenvalue weighted by atomic mass is 9.40. The lowest BCUT2D eigenvalue weighted by Crippen LogP contribution is -2.56. The number of fused-ring (bicyclic) bond motifs is 9. The number of Topliss-reactive ketones (excluding diaryl/α,β-unsaturated/α-hetero) is 1. The second-order valence-electron chi connectivity index (χ2n) is 21.1. The van der Waals surface area contributed by atoms with Gasteiger partial charge in [-0.1, -0.05) is 87.7 Å². The number of allylic oxidation sites excluding steroid dienone is 1. The van der Waals surface area contributed by atoms with Crippen molar-refractivity contribution in [1.29, 1.82) is 0 Å². The number of aromatic amines is 1. The molecule has 0 saturated heterocycles. The van der Waals surface area contributed by atoms with Crippen molar-refractivity contribution in [2.75, 3.05) is 6.73 Å². The molecule has 1 aromatic heterocycles. The quantitative estimate of drug-likeness (QED) is 0.0306. The summed E-state index contributed by atoms with van der Waals surface area (Å²) in [6, 6.07) is 24.9. The molecule has 6 aliphatic carbocycles. The fraction of sp³-hybridized carbons (Fsp3) is 0.456. The van der Waals surface area contributed by atoms with Gasteiger partial charge in [-0.25, -0.2) is 0 Å². The van der Waals surface area contributed by atoms with Crippen LogP contribution in [0.25, 0.3) is 11.3 Å². The largest absolute Gasteiger partial charge is 0.508 e. The SMILES string of the molecule is CC(C)CC[C@H]1CC2(CCCC2)C[C@]2([C@H]3C[C@@H]4C=C[C@@H]([C@@H](O)CC(=O)CCc5ccc(O)c(OCN)c5)[C@H]3c3cc(O)c(O)c(OCc5cccc(O)c5)c34)c3ccccc3-c3[nH]ccc3[C@H]12. The number of H-pyrrole nitrogens is 1. The van der Waals surface area contributed by atoms with Crippen LogP contribution in [0.5, 0.6) is 34.5 Å². The minimum atomic E-state index is -1.05. The fourth-order valence-electron chi connectivity index (χ4n) is 14.2. The fourth-order valence-corrected chi connectivity index (χ4v) is 14.2. The van der Waals surface area contributed by atoms with Crippen molar-refractivity contribution in [3.63, 3.8) is 0 Å². The number of ether oxygens (including phenoxy) is 2. The molecule has 352 valence electrons. The number of phenols is 4. The van der Waals surface area contributed by atoms with Crippen LogP contribution in [-0.2, 0) is 23.2 Å². The number of aliphatic hydroxyl groups is 1. The maximum absolute atomic E-state index is 14.1. The number of hydrogen-bond acceptors (Lipinski definition) is 9. The van der Waals surface area contributed by atoms with Crippen LogP contribution in [-0.4, -0.2) is 49.1 Å². The number of aromatic nitrogens is 1. The normalized spacial score (nSPS) is 25.8. The third-order valence-electron chi connectivity index (χ3n) is 16.7. The third-order valence-corrected chi connectivity index (χ3v) is 16.7. The van der Waals surface area contributed by atoms with E-state index in [0.29, 0.717) is 23.8 Å². The first-order chi connectivity index (χ1) is 32.4. The van der Waals surface area contributed by atoms with Gasteiger partial charge >= 0.3 is 0 Å². The highest BCUT2D eigenvalue weighted by molar-refractivity contribution is 5.79. The van der Waals surface area contributed by atoms with Gasteiger partial charge in [-0.2, -0.15) is 0 Å². The van der Waals surface area contributed by atoms with Gasteiger partial charge in [0, 0.05) is 53.1 Å². The molecular weight excluding hydrogens is 841 g/mol. The predicted octanol–water partition coefficient (Wildman–Crippen LogP) is 11.1. The van der Waals surface area contributed by atoms with Crippen molar-refractivity contribution >= 4 is 5.78 Å². The Balaban J connectivity index is 1.11. The maximum Gasteiger partial charge on any atom is 0.200 e. The van der Waals surface area contributed by atoms with Crippen LogP contribution in [0.4, 0.5) is 0 Å². The molecule has 2 fully saturated rings. The zero-order valence-electron chi connectivity index (χ0n) is 38.8. The number of nitrogens with one attached hydrogen (secondary N) is 1. The predicted molar refractivity (Wildman–Crippen MR) is 259 cm³/mol. The van der Waals surface area contributed by atoms with Crippen molar-refractivity contribution < 1.29 is 39.8 Å². The molecule has 0 unspecified atom stereocenters. The minimum absolute atomic E-state index is 0.0221. The minimum Gasteiger partial charge on any atom is -0.508 e. The Morgan fingerprint density at radius 1 is 0.896 bits per heavy atom. The standard InChI is InChI=1S/C57H66N2O8/c1-33(2)12-15-37-29-56(21-5-6-22-56)31-57(44-11-4-3-10-40(44)53-42(52(37)57)20-23-59-53)45-26-36-16-18-41(47(63)27-39(61)17-13-34-14-19-46(62)49(25-34)67-32-58)51(45)43-28-48(64)54(65)55(50(36)43)66-30-35-8-7-9-38(60)24-35/h3-4,7-11,14,16,18-20,23-25,28,33,36-37,41,45,47,51-52,59-60,62-65H,5-6,12-13,15,17,21-22,26-27,29-32,58H2,1-2H3/t36-,37-,41-,45-,47-,51-,52-,57+/m0/s1. The van der Waals surface area contributed by atoms with Crippen molar-refractivity contribution in [3.8, 4) is 45.8 Å². The number of ketones is 1. The van der Waals surface area contributed by atoms with E-state index in [1.54, 1.807) is 42.5 Å². The molecule has 8 N–H and O–H groups in total. The molecule has 1 heterocycles. The molecule has 0 amide bonds. The number of hydrogen-bond donors (Lipinski definition) is 7. The topological polar surface area (TPSA) is 178 Å². The molecule has 2 saturated carbocycles. The van der Waals surface area contributed by atoms with E-state index >= 15 is 0 Å². The smallest absolute Gasteiger partial charge is 0.200 e. The van der Waals surface area contributed by atoms with Gasteiger partial charge in [-0.05, 0) is 144 Å². The molecular formula is C57H66N2O8. The Labute approximate surface area is 393 Å². The van der Waals surface area contributed by atoms with E-state index in [9.17, 15) is 30.3 Å². The van der Waals surface area contributed by atoms with Crippen LogP contribution < -0.4 is 15.2 Å². The summed E-state index contributed by atoms with van der Waals surface area (Å²) in [5.74, 6) is -0.121. The van der Waals surface area contributed by atoms with E-state index in [2.05, 4.69) is 67.5 Å². The van der Waals surface area contributed by atoms with Crippen LogP contribution in [0, 0.1) is 29.1 Å². The molecule has 2 bridgehead atoms. The van der Waals surface area contributed by atoms with Crippen molar-refractivity contribution in [1.82, 2.24) is 4.98 Å². The third kappa shape index (κ3) is 8.07. The van der Waals surface area contributed by atoms with Gasteiger partial charge < -0.3 is 40.0 Å². The molecule has 1 spiro atoms. The van der Waals surface area contributed by atoms with Crippen LogP contribution in [0.15, 0.2) is 97.2 Å². The Bertz CT molecular complexity index is 2660. The number of carbonyl (C=O) groups is 1. The number of nitrogens with two attached hydrogens (primary N) is 1. The summed E-state index contributed by atoms with van der Waals surface area (Å²) >= 11 is 0. The van der Waals surface area contributed by atoms with E-state index in [-0.39, 0.29) is 101 Å².